The summed E-state index contributed by atoms with van der Waals surface area (Å²) in [5.74, 6) is 0. The second kappa shape index (κ2) is 6.99. The Morgan fingerprint density at radius 1 is 1.60 bits per heavy atom. The van der Waals surface area contributed by atoms with Gasteiger partial charge in [0.15, 0.2) is 0 Å². The van der Waals surface area contributed by atoms with E-state index in [2.05, 4.69) is 35.8 Å². The quantitative estimate of drug-likeness (QED) is 0.517. The van der Waals surface area contributed by atoms with E-state index in [-0.39, 0.29) is 0 Å². The number of likely N-dealkylation sites (tertiary alicyclic amines) is 1. The van der Waals surface area contributed by atoms with Gasteiger partial charge in [0.05, 0.1) is 0 Å². The average Bonchev–Trinajstić information content (AvgIpc) is 2.24. The monoisotopic (exact) mass is 211 g/mol. The molecule has 0 aliphatic carbocycles. The van der Waals surface area contributed by atoms with Crippen LogP contribution in [0.1, 0.15) is 12.8 Å². The van der Waals surface area contributed by atoms with Gasteiger partial charge in [-0.05, 0) is 33.5 Å². The Bertz CT molecular complexity index is 182. The van der Waals surface area contributed by atoms with Crippen LogP contribution in [0.25, 0.3) is 0 Å². The van der Waals surface area contributed by atoms with Crippen LogP contribution in [0.5, 0.6) is 0 Å². The van der Waals surface area contributed by atoms with E-state index in [9.17, 15) is 0 Å². The molecule has 1 N–H and O–H groups in total. The van der Waals surface area contributed by atoms with Crippen molar-refractivity contribution in [2.45, 2.75) is 18.9 Å². The zero-order valence-corrected chi connectivity index (χ0v) is 10.2. The molecule has 0 bridgehead atoms. The van der Waals surface area contributed by atoms with Crippen LogP contribution in [0.15, 0.2) is 12.7 Å². The maximum Gasteiger partial charge on any atom is 0.0221 e. The van der Waals surface area contributed by atoms with Gasteiger partial charge in [-0.1, -0.05) is 6.08 Å². The lowest BCUT2D eigenvalue weighted by Gasteiger charge is -2.35. The largest absolute Gasteiger partial charge is 0.312 e. The van der Waals surface area contributed by atoms with Crippen molar-refractivity contribution in [3.05, 3.63) is 12.7 Å². The summed E-state index contributed by atoms with van der Waals surface area (Å²) in [6.45, 7) is 9.28. The van der Waals surface area contributed by atoms with Crippen molar-refractivity contribution in [2.75, 3.05) is 46.8 Å². The predicted molar refractivity (Wildman–Crippen MR) is 66.2 cm³/mol. The molecule has 0 spiro atoms. The molecule has 1 aliphatic rings. The van der Waals surface area contributed by atoms with Crippen molar-refractivity contribution in [3.8, 4) is 0 Å². The molecular weight excluding hydrogens is 186 g/mol. The molecule has 15 heavy (non-hydrogen) atoms. The summed E-state index contributed by atoms with van der Waals surface area (Å²) < 4.78 is 0. The number of likely N-dealkylation sites (N-methyl/N-ethyl adjacent to an activating group) is 2. The maximum absolute atomic E-state index is 3.69. The standard InChI is InChI=1S/C12H25N3/c1-4-7-13-8-10-15(3)12-6-5-9-14(2)11-12/h4,12-13H,1,5-11H2,2-3H3. The number of nitrogens with one attached hydrogen (secondary N) is 1. The second-order valence-corrected chi connectivity index (χ2v) is 4.53. The molecule has 1 atom stereocenters. The van der Waals surface area contributed by atoms with Gasteiger partial charge in [0.1, 0.15) is 0 Å². The lowest BCUT2D eigenvalue weighted by Crippen LogP contribution is -2.46. The Morgan fingerprint density at radius 2 is 2.40 bits per heavy atom. The van der Waals surface area contributed by atoms with Gasteiger partial charge in [0.2, 0.25) is 0 Å². The minimum atomic E-state index is 0.745. The summed E-state index contributed by atoms with van der Waals surface area (Å²) in [4.78, 5) is 4.91. The van der Waals surface area contributed by atoms with Crippen molar-refractivity contribution in [3.63, 3.8) is 0 Å². The molecule has 0 radical (unpaired) electrons. The molecule has 0 aromatic heterocycles. The van der Waals surface area contributed by atoms with Gasteiger partial charge in [-0.15, -0.1) is 6.58 Å². The fraction of sp³-hybridized carbons (Fsp3) is 0.833. The van der Waals surface area contributed by atoms with Crippen LogP contribution in [-0.4, -0.2) is 62.7 Å². The SMILES string of the molecule is C=CCNCCN(C)C1CCCN(C)C1. The van der Waals surface area contributed by atoms with Crippen LogP contribution in [0.3, 0.4) is 0 Å². The van der Waals surface area contributed by atoms with Crippen LogP contribution in [0.4, 0.5) is 0 Å². The number of rotatable bonds is 6. The zero-order chi connectivity index (χ0) is 11.1. The number of piperidine rings is 1. The zero-order valence-electron chi connectivity index (χ0n) is 10.2. The molecule has 1 fully saturated rings. The van der Waals surface area contributed by atoms with Gasteiger partial charge in [-0.3, -0.25) is 0 Å². The minimum Gasteiger partial charge on any atom is -0.312 e. The van der Waals surface area contributed by atoms with E-state index in [0.29, 0.717) is 0 Å². The van der Waals surface area contributed by atoms with Gasteiger partial charge in [-0.25, -0.2) is 0 Å². The normalized spacial score (nSPS) is 23.3. The summed E-state index contributed by atoms with van der Waals surface area (Å²) in [5.41, 5.74) is 0. The van der Waals surface area contributed by atoms with Crippen LogP contribution in [0, 0.1) is 0 Å². The van der Waals surface area contributed by atoms with Gasteiger partial charge < -0.3 is 15.1 Å². The fourth-order valence-corrected chi connectivity index (χ4v) is 2.14. The van der Waals surface area contributed by atoms with Crippen molar-refractivity contribution >= 4 is 0 Å². The molecule has 0 aromatic carbocycles. The average molecular weight is 211 g/mol. The van der Waals surface area contributed by atoms with Crippen molar-refractivity contribution in [1.82, 2.24) is 15.1 Å². The molecule has 3 heteroatoms. The van der Waals surface area contributed by atoms with Gasteiger partial charge in [0, 0.05) is 32.2 Å². The first-order valence-electron chi connectivity index (χ1n) is 5.94. The molecular formula is C12H25N3. The highest BCUT2D eigenvalue weighted by Gasteiger charge is 2.20. The summed E-state index contributed by atoms with van der Waals surface area (Å²) in [6, 6.07) is 0.745. The second-order valence-electron chi connectivity index (χ2n) is 4.53. The third-order valence-electron chi connectivity index (χ3n) is 3.15. The molecule has 1 unspecified atom stereocenters. The third-order valence-corrected chi connectivity index (χ3v) is 3.15. The van der Waals surface area contributed by atoms with E-state index in [0.717, 1.165) is 25.7 Å². The maximum atomic E-state index is 3.69. The summed E-state index contributed by atoms with van der Waals surface area (Å²) in [6.07, 6.45) is 4.60. The number of nitrogens with zero attached hydrogens (tertiary/aromatic N) is 2. The molecule has 0 aromatic rings. The first-order chi connectivity index (χ1) is 7.24. The lowest BCUT2D eigenvalue weighted by molar-refractivity contribution is 0.135. The van der Waals surface area contributed by atoms with Crippen LogP contribution in [-0.2, 0) is 0 Å². The van der Waals surface area contributed by atoms with Gasteiger partial charge >= 0.3 is 0 Å². The predicted octanol–water partition coefficient (Wildman–Crippen LogP) is 0.788. The Kier molecular flexibility index (Phi) is 5.91. The van der Waals surface area contributed by atoms with Crippen LogP contribution >= 0.6 is 0 Å². The van der Waals surface area contributed by atoms with Crippen LogP contribution in [0.2, 0.25) is 0 Å². The third kappa shape index (κ3) is 4.78. The van der Waals surface area contributed by atoms with E-state index in [1.165, 1.54) is 25.9 Å². The van der Waals surface area contributed by atoms with Crippen molar-refractivity contribution in [2.24, 2.45) is 0 Å². The molecule has 88 valence electrons. The summed E-state index contributed by atoms with van der Waals surface area (Å²) >= 11 is 0. The van der Waals surface area contributed by atoms with Crippen molar-refractivity contribution < 1.29 is 0 Å². The molecule has 1 heterocycles. The molecule has 1 rings (SSSR count). The van der Waals surface area contributed by atoms with E-state index in [4.69, 9.17) is 0 Å². The molecule has 0 amide bonds. The first kappa shape index (κ1) is 12.7. The molecule has 1 saturated heterocycles. The lowest BCUT2D eigenvalue weighted by atomic mass is 10.1. The van der Waals surface area contributed by atoms with Gasteiger partial charge in [-0.2, -0.15) is 0 Å². The minimum absolute atomic E-state index is 0.745. The Hall–Kier alpha value is -0.380. The Labute approximate surface area is 94.1 Å². The fourth-order valence-electron chi connectivity index (χ4n) is 2.14. The van der Waals surface area contributed by atoms with E-state index in [1.807, 2.05) is 6.08 Å². The summed E-state index contributed by atoms with van der Waals surface area (Å²) in [7, 11) is 4.45. The highest BCUT2D eigenvalue weighted by molar-refractivity contribution is 4.78. The Morgan fingerprint density at radius 3 is 3.07 bits per heavy atom. The first-order valence-corrected chi connectivity index (χ1v) is 5.94. The summed E-state index contributed by atoms with van der Waals surface area (Å²) in [5, 5.41) is 3.34. The highest BCUT2D eigenvalue weighted by Crippen LogP contribution is 2.12. The van der Waals surface area contributed by atoms with Crippen LogP contribution < -0.4 is 5.32 Å². The highest BCUT2D eigenvalue weighted by atomic mass is 15.2. The van der Waals surface area contributed by atoms with E-state index < -0.39 is 0 Å². The number of hydrogen-bond donors (Lipinski definition) is 1. The molecule has 0 saturated carbocycles. The number of hydrogen-bond acceptors (Lipinski definition) is 3. The van der Waals surface area contributed by atoms with E-state index in [1.54, 1.807) is 0 Å². The topological polar surface area (TPSA) is 18.5 Å². The van der Waals surface area contributed by atoms with E-state index >= 15 is 0 Å². The molecule has 3 nitrogen and oxygen atoms in total. The molecule has 1 aliphatic heterocycles. The smallest absolute Gasteiger partial charge is 0.0221 e. The van der Waals surface area contributed by atoms with Gasteiger partial charge in [0.25, 0.3) is 0 Å². The van der Waals surface area contributed by atoms with Crippen molar-refractivity contribution in [1.29, 1.82) is 0 Å². The Balaban J connectivity index is 2.14.